The first-order chi connectivity index (χ1) is 8.71. The summed E-state index contributed by atoms with van der Waals surface area (Å²) in [5, 5.41) is 3.41. The Kier molecular flexibility index (Phi) is 7.28. The molecule has 0 aromatic rings. The second-order valence-corrected chi connectivity index (χ2v) is 5.05. The van der Waals surface area contributed by atoms with Crippen molar-refractivity contribution in [2.24, 2.45) is 0 Å². The molecule has 18 heavy (non-hydrogen) atoms. The van der Waals surface area contributed by atoms with Crippen molar-refractivity contribution in [1.29, 1.82) is 0 Å². The number of carbonyl (C=O) groups excluding carboxylic acids is 1. The van der Waals surface area contributed by atoms with Gasteiger partial charge in [0.15, 0.2) is 0 Å². The molecule has 1 atom stereocenters. The summed E-state index contributed by atoms with van der Waals surface area (Å²) < 4.78 is 5.16. The highest BCUT2D eigenvalue weighted by molar-refractivity contribution is 5.76. The predicted molar refractivity (Wildman–Crippen MR) is 73.6 cm³/mol. The fraction of sp³-hybridized carbons (Fsp3) is 0.929. The van der Waals surface area contributed by atoms with E-state index < -0.39 is 0 Å². The molecule has 1 aliphatic rings. The molecule has 4 nitrogen and oxygen atoms in total. The van der Waals surface area contributed by atoms with Gasteiger partial charge >= 0.3 is 5.97 Å². The molecule has 0 aliphatic heterocycles. The molecule has 0 bridgehead atoms. The van der Waals surface area contributed by atoms with Crippen LogP contribution in [0.15, 0.2) is 0 Å². The first-order valence-corrected chi connectivity index (χ1v) is 7.36. The number of ether oxygens (including phenoxy) is 1. The molecule has 106 valence electrons. The molecule has 1 rings (SSSR count). The van der Waals surface area contributed by atoms with Crippen LogP contribution in [-0.2, 0) is 9.53 Å². The van der Waals surface area contributed by atoms with Crippen molar-refractivity contribution in [2.75, 3.05) is 26.2 Å². The van der Waals surface area contributed by atoms with Crippen LogP contribution in [0.1, 0.15) is 46.5 Å². The van der Waals surface area contributed by atoms with Gasteiger partial charge in [0.1, 0.15) is 6.04 Å². The molecule has 0 aromatic carbocycles. The molecular weight excluding hydrogens is 228 g/mol. The Labute approximate surface area is 111 Å². The van der Waals surface area contributed by atoms with E-state index in [0.717, 1.165) is 32.5 Å². The van der Waals surface area contributed by atoms with Crippen LogP contribution in [0.3, 0.4) is 0 Å². The van der Waals surface area contributed by atoms with Crippen LogP contribution in [0.25, 0.3) is 0 Å². The number of nitrogens with zero attached hydrogens (tertiary/aromatic N) is 1. The van der Waals surface area contributed by atoms with Crippen LogP contribution in [0.2, 0.25) is 0 Å². The summed E-state index contributed by atoms with van der Waals surface area (Å²) in [7, 11) is 0. The van der Waals surface area contributed by atoms with Crippen molar-refractivity contribution in [3.63, 3.8) is 0 Å². The highest BCUT2D eigenvalue weighted by Crippen LogP contribution is 2.20. The van der Waals surface area contributed by atoms with E-state index in [9.17, 15) is 4.79 Å². The van der Waals surface area contributed by atoms with Crippen molar-refractivity contribution >= 4 is 5.97 Å². The number of hydrogen-bond donors (Lipinski definition) is 1. The van der Waals surface area contributed by atoms with Gasteiger partial charge in [-0.15, -0.1) is 0 Å². The summed E-state index contributed by atoms with van der Waals surface area (Å²) in [6.45, 7) is 9.56. The topological polar surface area (TPSA) is 41.6 Å². The molecule has 0 aromatic heterocycles. The van der Waals surface area contributed by atoms with Gasteiger partial charge in [-0.3, -0.25) is 4.79 Å². The largest absolute Gasteiger partial charge is 0.465 e. The minimum Gasteiger partial charge on any atom is -0.465 e. The van der Waals surface area contributed by atoms with Crippen LogP contribution >= 0.6 is 0 Å². The van der Waals surface area contributed by atoms with E-state index >= 15 is 0 Å². The molecule has 4 heteroatoms. The van der Waals surface area contributed by atoms with Crippen molar-refractivity contribution in [1.82, 2.24) is 10.2 Å². The maximum atomic E-state index is 11.9. The van der Waals surface area contributed by atoms with E-state index in [1.54, 1.807) is 0 Å². The molecule has 1 saturated carbocycles. The monoisotopic (exact) mass is 256 g/mol. The Balaban J connectivity index is 2.47. The lowest BCUT2D eigenvalue weighted by molar-refractivity contribution is -0.146. The molecule has 0 radical (unpaired) electrons. The van der Waals surface area contributed by atoms with Gasteiger partial charge < -0.3 is 15.0 Å². The average molecular weight is 256 g/mol. The predicted octanol–water partition coefficient (Wildman–Crippen LogP) is 1.79. The van der Waals surface area contributed by atoms with Crippen LogP contribution in [0, 0.1) is 0 Å². The van der Waals surface area contributed by atoms with Gasteiger partial charge in [0, 0.05) is 12.6 Å². The first-order valence-electron chi connectivity index (χ1n) is 7.36. The number of carbonyl (C=O) groups is 1. The van der Waals surface area contributed by atoms with Crippen molar-refractivity contribution < 1.29 is 9.53 Å². The molecule has 0 saturated heterocycles. The molecule has 0 amide bonds. The van der Waals surface area contributed by atoms with Gasteiger partial charge in [0.2, 0.25) is 0 Å². The smallest absolute Gasteiger partial charge is 0.324 e. The fourth-order valence-corrected chi connectivity index (χ4v) is 2.16. The third kappa shape index (κ3) is 5.83. The second kappa shape index (κ2) is 8.48. The summed E-state index contributed by atoms with van der Waals surface area (Å²) in [5.41, 5.74) is 0. The van der Waals surface area contributed by atoms with Crippen molar-refractivity contribution in [3.8, 4) is 0 Å². The highest BCUT2D eigenvalue weighted by atomic mass is 16.5. The fourth-order valence-electron chi connectivity index (χ4n) is 2.16. The van der Waals surface area contributed by atoms with E-state index in [1.807, 2.05) is 6.92 Å². The van der Waals surface area contributed by atoms with Gasteiger partial charge in [-0.05, 0) is 45.7 Å². The molecule has 0 heterocycles. The summed E-state index contributed by atoms with van der Waals surface area (Å²) >= 11 is 0. The summed E-state index contributed by atoms with van der Waals surface area (Å²) in [5.74, 6) is -0.0957. The van der Waals surface area contributed by atoms with Gasteiger partial charge in [-0.2, -0.15) is 0 Å². The maximum Gasteiger partial charge on any atom is 0.324 e. The number of hydrogen-bond acceptors (Lipinski definition) is 4. The third-order valence-electron chi connectivity index (χ3n) is 3.11. The van der Waals surface area contributed by atoms with Gasteiger partial charge in [-0.1, -0.05) is 13.8 Å². The van der Waals surface area contributed by atoms with E-state index in [0.29, 0.717) is 12.6 Å². The van der Waals surface area contributed by atoms with Gasteiger partial charge in [0.25, 0.3) is 0 Å². The highest BCUT2D eigenvalue weighted by Gasteiger charge is 2.30. The summed E-state index contributed by atoms with van der Waals surface area (Å²) in [6, 6.07) is 0.375. The number of nitrogens with one attached hydrogen (secondary N) is 1. The zero-order valence-corrected chi connectivity index (χ0v) is 12.1. The SMILES string of the molecule is CCCN(CCC)CC(NC1CC1)C(=O)OCC. The van der Waals surface area contributed by atoms with Crippen LogP contribution in [-0.4, -0.2) is 49.2 Å². The van der Waals surface area contributed by atoms with Crippen LogP contribution in [0.5, 0.6) is 0 Å². The molecule has 1 unspecified atom stereocenters. The Morgan fingerprint density at radius 3 is 2.33 bits per heavy atom. The standard InChI is InChI=1S/C14H28N2O2/c1-4-9-16(10-5-2)11-13(14(17)18-6-3)15-12-7-8-12/h12-13,15H,4-11H2,1-3H3. The van der Waals surface area contributed by atoms with Gasteiger partial charge in [-0.25, -0.2) is 0 Å². The van der Waals surface area contributed by atoms with E-state index in [2.05, 4.69) is 24.1 Å². The van der Waals surface area contributed by atoms with E-state index in [4.69, 9.17) is 4.74 Å². The summed E-state index contributed by atoms with van der Waals surface area (Å²) in [6.07, 6.45) is 4.63. The normalized spacial score (nSPS) is 16.9. The second-order valence-electron chi connectivity index (χ2n) is 5.05. The number of rotatable bonds is 10. The molecule has 1 N–H and O–H groups in total. The minimum atomic E-state index is -0.157. The quantitative estimate of drug-likeness (QED) is 0.605. The zero-order chi connectivity index (χ0) is 13.4. The first kappa shape index (κ1) is 15.4. The lowest BCUT2D eigenvalue weighted by Gasteiger charge is -2.26. The number of esters is 1. The average Bonchev–Trinajstić information content (AvgIpc) is 3.13. The van der Waals surface area contributed by atoms with Crippen molar-refractivity contribution in [2.45, 2.75) is 58.5 Å². The molecule has 0 spiro atoms. The van der Waals surface area contributed by atoms with Crippen LogP contribution < -0.4 is 5.32 Å². The maximum absolute atomic E-state index is 11.9. The van der Waals surface area contributed by atoms with E-state index in [1.165, 1.54) is 12.8 Å². The lowest BCUT2D eigenvalue weighted by Crippen LogP contribution is -2.48. The summed E-state index contributed by atoms with van der Waals surface area (Å²) in [4.78, 5) is 14.3. The Morgan fingerprint density at radius 2 is 1.89 bits per heavy atom. The van der Waals surface area contributed by atoms with E-state index in [-0.39, 0.29) is 12.0 Å². The molecule has 1 fully saturated rings. The molecular formula is C14H28N2O2. The Hall–Kier alpha value is -0.610. The molecule has 1 aliphatic carbocycles. The Morgan fingerprint density at radius 1 is 1.28 bits per heavy atom. The van der Waals surface area contributed by atoms with Crippen LogP contribution in [0.4, 0.5) is 0 Å². The lowest BCUT2D eigenvalue weighted by atomic mass is 10.2. The minimum absolute atomic E-state index is 0.0957. The van der Waals surface area contributed by atoms with Crippen molar-refractivity contribution in [3.05, 3.63) is 0 Å². The zero-order valence-electron chi connectivity index (χ0n) is 12.1. The van der Waals surface area contributed by atoms with Gasteiger partial charge in [0.05, 0.1) is 6.61 Å². The Bertz CT molecular complexity index is 236. The third-order valence-corrected chi connectivity index (χ3v) is 3.11.